The van der Waals surface area contributed by atoms with Crippen LogP contribution in [-0.2, 0) is 0 Å². The van der Waals surface area contributed by atoms with Crippen molar-refractivity contribution in [3.8, 4) is 5.88 Å². The standard InChI is InChI=1S/C13H16F3N3O2/c1-21-11-5-4-10(7-17-11)18-12(20)19-6-2-3-9(8-19)13(14,15)16/h4-5,7,9H,2-3,6,8H2,1H3,(H,18,20). The number of halogens is 3. The number of carbonyl (C=O) groups is 1. The van der Waals surface area contributed by atoms with Crippen molar-refractivity contribution in [2.45, 2.75) is 19.0 Å². The molecule has 2 heterocycles. The summed E-state index contributed by atoms with van der Waals surface area (Å²) in [5.41, 5.74) is 0.412. The average Bonchev–Trinajstić information content (AvgIpc) is 2.47. The maximum Gasteiger partial charge on any atom is 0.393 e. The fourth-order valence-corrected chi connectivity index (χ4v) is 2.21. The first kappa shape index (κ1) is 15.4. The minimum atomic E-state index is -4.26. The topological polar surface area (TPSA) is 54.5 Å². The summed E-state index contributed by atoms with van der Waals surface area (Å²) in [5, 5.41) is 2.54. The predicted octanol–water partition coefficient (Wildman–Crippen LogP) is 2.90. The molecule has 1 atom stereocenters. The third-order valence-corrected chi connectivity index (χ3v) is 3.37. The van der Waals surface area contributed by atoms with Gasteiger partial charge in [-0.25, -0.2) is 9.78 Å². The van der Waals surface area contributed by atoms with Crippen LogP contribution in [0.4, 0.5) is 23.7 Å². The van der Waals surface area contributed by atoms with Crippen molar-refractivity contribution in [2.24, 2.45) is 5.92 Å². The lowest BCUT2D eigenvalue weighted by Crippen LogP contribution is -2.46. The van der Waals surface area contributed by atoms with Gasteiger partial charge in [-0.05, 0) is 18.9 Å². The highest BCUT2D eigenvalue weighted by Crippen LogP contribution is 2.33. The van der Waals surface area contributed by atoms with Crippen LogP contribution in [0.15, 0.2) is 18.3 Å². The molecule has 0 bridgehead atoms. The third-order valence-electron chi connectivity index (χ3n) is 3.37. The number of anilines is 1. The number of likely N-dealkylation sites (tertiary alicyclic amines) is 1. The number of carbonyl (C=O) groups excluding carboxylic acids is 1. The highest BCUT2D eigenvalue weighted by atomic mass is 19.4. The molecule has 2 rings (SSSR count). The van der Waals surface area contributed by atoms with Crippen LogP contribution in [0.25, 0.3) is 0 Å². The van der Waals surface area contributed by atoms with Gasteiger partial charge in [-0.2, -0.15) is 13.2 Å². The summed E-state index contributed by atoms with van der Waals surface area (Å²) in [7, 11) is 1.46. The van der Waals surface area contributed by atoms with E-state index in [0.29, 0.717) is 24.5 Å². The van der Waals surface area contributed by atoms with Gasteiger partial charge in [-0.1, -0.05) is 0 Å². The third kappa shape index (κ3) is 3.99. The molecule has 5 nitrogen and oxygen atoms in total. The Bertz CT molecular complexity index is 490. The Morgan fingerprint density at radius 1 is 1.48 bits per heavy atom. The molecular weight excluding hydrogens is 287 g/mol. The van der Waals surface area contributed by atoms with E-state index in [-0.39, 0.29) is 13.0 Å². The average molecular weight is 303 g/mol. The highest BCUT2D eigenvalue weighted by Gasteiger charge is 2.42. The summed E-state index contributed by atoms with van der Waals surface area (Å²) in [6.07, 6.45) is -2.46. The quantitative estimate of drug-likeness (QED) is 0.914. The van der Waals surface area contributed by atoms with E-state index in [1.54, 1.807) is 12.1 Å². The Labute approximate surface area is 120 Å². The minimum absolute atomic E-state index is 0.0668. The van der Waals surface area contributed by atoms with Crippen molar-refractivity contribution in [1.29, 1.82) is 0 Å². The van der Waals surface area contributed by atoms with Gasteiger partial charge in [0.05, 0.1) is 24.9 Å². The van der Waals surface area contributed by atoms with Gasteiger partial charge in [0.2, 0.25) is 5.88 Å². The summed E-state index contributed by atoms with van der Waals surface area (Å²) in [6, 6.07) is 2.59. The Balaban J connectivity index is 1.96. The first-order valence-corrected chi connectivity index (χ1v) is 6.53. The molecular formula is C13H16F3N3O2. The van der Waals surface area contributed by atoms with Crippen molar-refractivity contribution >= 4 is 11.7 Å². The molecule has 1 saturated heterocycles. The zero-order chi connectivity index (χ0) is 15.5. The normalized spacial score (nSPS) is 19.2. The number of methoxy groups -OCH3 is 1. The molecule has 0 radical (unpaired) electrons. The predicted molar refractivity (Wildman–Crippen MR) is 70.2 cm³/mol. The first-order valence-electron chi connectivity index (χ1n) is 6.53. The molecule has 1 fully saturated rings. The van der Waals surface area contributed by atoms with E-state index in [9.17, 15) is 18.0 Å². The summed E-state index contributed by atoms with van der Waals surface area (Å²) >= 11 is 0. The van der Waals surface area contributed by atoms with Crippen LogP contribution in [0.2, 0.25) is 0 Å². The van der Waals surface area contributed by atoms with E-state index < -0.39 is 18.1 Å². The number of urea groups is 1. The second-order valence-corrected chi connectivity index (χ2v) is 4.85. The Morgan fingerprint density at radius 3 is 2.81 bits per heavy atom. The van der Waals surface area contributed by atoms with Crippen LogP contribution in [0, 0.1) is 5.92 Å². The molecule has 2 amide bonds. The van der Waals surface area contributed by atoms with E-state index in [1.807, 2.05) is 0 Å². The van der Waals surface area contributed by atoms with Gasteiger partial charge in [0.15, 0.2) is 0 Å². The lowest BCUT2D eigenvalue weighted by molar-refractivity contribution is -0.183. The number of nitrogens with zero attached hydrogens (tertiary/aromatic N) is 2. The van der Waals surface area contributed by atoms with Crippen molar-refractivity contribution < 1.29 is 22.7 Å². The smallest absolute Gasteiger partial charge is 0.393 e. The van der Waals surface area contributed by atoms with Gasteiger partial charge >= 0.3 is 12.2 Å². The highest BCUT2D eigenvalue weighted by molar-refractivity contribution is 5.89. The summed E-state index contributed by atoms with van der Waals surface area (Å²) < 4.78 is 43.0. The van der Waals surface area contributed by atoms with Crippen LogP contribution in [-0.4, -0.2) is 42.3 Å². The van der Waals surface area contributed by atoms with Crippen LogP contribution in [0.1, 0.15) is 12.8 Å². The molecule has 0 aliphatic carbocycles. The van der Waals surface area contributed by atoms with Gasteiger partial charge < -0.3 is 15.0 Å². The Hall–Kier alpha value is -1.99. The Kier molecular flexibility index (Phi) is 4.54. The molecule has 8 heteroatoms. The largest absolute Gasteiger partial charge is 0.481 e. The maximum absolute atomic E-state index is 12.7. The van der Waals surface area contributed by atoms with Gasteiger partial charge in [0, 0.05) is 19.2 Å². The number of hydrogen-bond acceptors (Lipinski definition) is 3. The van der Waals surface area contributed by atoms with E-state index in [1.165, 1.54) is 18.2 Å². The summed E-state index contributed by atoms with van der Waals surface area (Å²) in [4.78, 5) is 17.1. The van der Waals surface area contributed by atoms with Crippen molar-refractivity contribution in [1.82, 2.24) is 9.88 Å². The van der Waals surface area contributed by atoms with E-state index >= 15 is 0 Å². The van der Waals surface area contributed by atoms with E-state index in [0.717, 1.165) is 0 Å². The van der Waals surface area contributed by atoms with Crippen molar-refractivity contribution in [3.63, 3.8) is 0 Å². The second kappa shape index (κ2) is 6.19. The van der Waals surface area contributed by atoms with Gasteiger partial charge in [-0.15, -0.1) is 0 Å². The second-order valence-electron chi connectivity index (χ2n) is 4.85. The minimum Gasteiger partial charge on any atom is -0.481 e. The molecule has 1 unspecified atom stereocenters. The van der Waals surface area contributed by atoms with Crippen molar-refractivity contribution in [2.75, 3.05) is 25.5 Å². The van der Waals surface area contributed by atoms with Crippen LogP contribution >= 0.6 is 0 Å². The lowest BCUT2D eigenvalue weighted by Gasteiger charge is -2.33. The number of alkyl halides is 3. The van der Waals surface area contributed by atoms with Crippen LogP contribution in [0.5, 0.6) is 5.88 Å². The van der Waals surface area contributed by atoms with Crippen molar-refractivity contribution in [3.05, 3.63) is 18.3 Å². The monoisotopic (exact) mass is 303 g/mol. The molecule has 1 aliphatic rings. The number of aromatic nitrogens is 1. The molecule has 21 heavy (non-hydrogen) atoms. The van der Waals surface area contributed by atoms with E-state index in [4.69, 9.17) is 4.74 Å². The summed E-state index contributed by atoms with van der Waals surface area (Å²) in [6.45, 7) is 0.0148. The lowest BCUT2D eigenvalue weighted by atomic mass is 9.98. The van der Waals surface area contributed by atoms with Gasteiger partial charge in [-0.3, -0.25) is 0 Å². The summed E-state index contributed by atoms with van der Waals surface area (Å²) in [5.74, 6) is -1.06. The zero-order valence-electron chi connectivity index (χ0n) is 11.5. The SMILES string of the molecule is COc1ccc(NC(=O)N2CCCC(C(F)(F)F)C2)cn1. The number of nitrogens with one attached hydrogen (secondary N) is 1. The molecule has 1 aliphatic heterocycles. The fraction of sp³-hybridized carbons (Fsp3) is 0.538. The molecule has 1 N–H and O–H groups in total. The number of pyridine rings is 1. The van der Waals surface area contributed by atoms with Crippen LogP contribution in [0.3, 0.4) is 0 Å². The molecule has 1 aromatic rings. The number of ether oxygens (including phenoxy) is 1. The van der Waals surface area contributed by atoms with Gasteiger partial charge in [0.25, 0.3) is 0 Å². The first-order chi connectivity index (χ1) is 9.90. The number of rotatable bonds is 2. The van der Waals surface area contributed by atoms with E-state index in [2.05, 4.69) is 10.3 Å². The number of piperidine rings is 1. The number of amides is 2. The molecule has 0 spiro atoms. The Morgan fingerprint density at radius 2 is 2.24 bits per heavy atom. The van der Waals surface area contributed by atoms with Gasteiger partial charge in [0.1, 0.15) is 0 Å². The number of hydrogen-bond donors (Lipinski definition) is 1. The molecule has 0 aromatic carbocycles. The molecule has 116 valence electrons. The maximum atomic E-state index is 12.7. The molecule has 0 saturated carbocycles. The molecule has 1 aromatic heterocycles. The van der Waals surface area contributed by atoms with Crippen LogP contribution < -0.4 is 10.1 Å². The zero-order valence-corrected chi connectivity index (χ0v) is 11.5. The fourth-order valence-electron chi connectivity index (χ4n) is 2.21.